The maximum Gasteiger partial charge on any atom is 0.289 e. The molecule has 30 heavy (non-hydrogen) atoms. The summed E-state index contributed by atoms with van der Waals surface area (Å²) in [4.78, 5) is 21.5. The normalized spacial score (nSPS) is 16.0. The third-order valence-corrected chi connectivity index (χ3v) is 5.28. The van der Waals surface area contributed by atoms with Crippen LogP contribution >= 0.6 is 0 Å². The molecule has 160 valence electrons. The lowest BCUT2D eigenvalue weighted by Gasteiger charge is -2.20. The molecule has 0 aromatic carbocycles. The van der Waals surface area contributed by atoms with Crippen LogP contribution in [0.25, 0.3) is 0 Å². The number of carbonyl (C=O) groups is 1. The van der Waals surface area contributed by atoms with Crippen molar-refractivity contribution in [1.29, 1.82) is 0 Å². The second-order valence-corrected chi connectivity index (χ2v) is 8.76. The van der Waals surface area contributed by atoms with E-state index in [9.17, 15) is 4.79 Å². The van der Waals surface area contributed by atoms with E-state index in [1.807, 2.05) is 29.4 Å². The fourth-order valence-corrected chi connectivity index (χ4v) is 3.54. The van der Waals surface area contributed by atoms with Crippen molar-refractivity contribution in [3.8, 4) is 0 Å². The minimum absolute atomic E-state index is 0.0490. The molecular formula is C22H29N5O3. The van der Waals surface area contributed by atoms with E-state index in [1.54, 1.807) is 16.9 Å². The van der Waals surface area contributed by atoms with Crippen LogP contribution in [0.4, 0.5) is 0 Å². The number of furan rings is 1. The monoisotopic (exact) mass is 411 g/mol. The Labute approximate surface area is 176 Å². The molecule has 1 aliphatic heterocycles. The summed E-state index contributed by atoms with van der Waals surface area (Å²) in [7, 11) is 0. The predicted molar refractivity (Wildman–Crippen MR) is 111 cm³/mol. The number of aromatic nitrogens is 3. The van der Waals surface area contributed by atoms with Crippen LogP contribution in [0.15, 0.2) is 45.6 Å². The first kappa shape index (κ1) is 20.4. The molecule has 1 aliphatic rings. The molecule has 1 saturated heterocycles. The van der Waals surface area contributed by atoms with Crippen LogP contribution in [-0.2, 0) is 18.5 Å². The van der Waals surface area contributed by atoms with Crippen molar-refractivity contribution in [1.82, 2.24) is 24.6 Å². The number of nitrogens with zero attached hydrogens (tertiary/aromatic N) is 5. The second-order valence-electron chi connectivity index (χ2n) is 8.76. The van der Waals surface area contributed by atoms with Gasteiger partial charge in [0.2, 0.25) is 5.89 Å². The summed E-state index contributed by atoms with van der Waals surface area (Å²) in [5.74, 6) is 2.67. The number of hydrogen-bond donors (Lipinski definition) is 0. The number of hydrogen-bond acceptors (Lipinski definition) is 6. The van der Waals surface area contributed by atoms with E-state index in [1.165, 1.54) is 0 Å². The summed E-state index contributed by atoms with van der Waals surface area (Å²) < 4.78 is 13.5. The molecule has 4 rings (SSSR count). The molecule has 0 N–H and O–H groups in total. The lowest BCUT2D eigenvalue weighted by atomic mass is 9.94. The largest absolute Gasteiger partial charge is 0.454 e. The minimum Gasteiger partial charge on any atom is -0.454 e. The van der Waals surface area contributed by atoms with Crippen molar-refractivity contribution < 1.29 is 13.6 Å². The molecule has 0 saturated carbocycles. The van der Waals surface area contributed by atoms with Gasteiger partial charge in [-0.3, -0.25) is 14.4 Å². The Balaban J connectivity index is 1.33. The van der Waals surface area contributed by atoms with Crippen LogP contribution in [0.1, 0.15) is 55.2 Å². The maximum absolute atomic E-state index is 12.9. The van der Waals surface area contributed by atoms with E-state index in [0.717, 1.165) is 36.9 Å². The summed E-state index contributed by atoms with van der Waals surface area (Å²) in [5, 5.41) is 4.17. The first-order chi connectivity index (χ1) is 14.4. The summed E-state index contributed by atoms with van der Waals surface area (Å²) in [5.41, 5.74) is -0.0490. The highest BCUT2D eigenvalue weighted by atomic mass is 16.4. The number of amides is 1. The summed E-state index contributed by atoms with van der Waals surface area (Å²) in [6.45, 7) is 10.6. The SMILES string of the molecule is CC(C)(C)c1cnc(CN2CCCN(C(=O)c3ccc(Cn4cccn4)o3)CC2)o1. The standard InChI is InChI=1S/C22H29N5O3/c1-22(2,3)19-14-23-20(30-19)16-25-9-5-10-26(13-12-25)21(28)18-7-6-17(29-18)15-27-11-4-8-24-27/h4,6-8,11,14H,5,9-10,12-13,15-16H2,1-3H3. The zero-order valence-electron chi connectivity index (χ0n) is 17.9. The number of oxazole rings is 1. The quantitative estimate of drug-likeness (QED) is 0.642. The van der Waals surface area contributed by atoms with Gasteiger partial charge in [0, 0.05) is 44.0 Å². The first-order valence-electron chi connectivity index (χ1n) is 10.4. The van der Waals surface area contributed by atoms with Gasteiger partial charge in [0.15, 0.2) is 5.76 Å². The Morgan fingerprint density at radius 2 is 1.97 bits per heavy atom. The van der Waals surface area contributed by atoms with Gasteiger partial charge in [-0.1, -0.05) is 20.8 Å². The third-order valence-electron chi connectivity index (χ3n) is 5.28. The highest BCUT2D eigenvalue weighted by Crippen LogP contribution is 2.23. The molecule has 1 fully saturated rings. The molecule has 0 unspecified atom stereocenters. The fraction of sp³-hybridized carbons (Fsp3) is 0.500. The van der Waals surface area contributed by atoms with E-state index < -0.39 is 0 Å². The van der Waals surface area contributed by atoms with Crippen molar-refractivity contribution in [2.24, 2.45) is 0 Å². The fourth-order valence-electron chi connectivity index (χ4n) is 3.54. The third kappa shape index (κ3) is 4.81. The predicted octanol–water partition coefficient (Wildman–Crippen LogP) is 3.16. The molecule has 3 aromatic rings. The Morgan fingerprint density at radius 3 is 2.70 bits per heavy atom. The van der Waals surface area contributed by atoms with E-state index >= 15 is 0 Å². The molecule has 1 amide bonds. The summed E-state index contributed by atoms with van der Waals surface area (Å²) in [6.07, 6.45) is 6.31. The maximum atomic E-state index is 12.9. The van der Waals surface area contributed by atoms with Gasteiger partial charge in [-0.05, 0) is 24.6 Å². The van der Waals surface area contributed by atoms with Crippen molar-refractivity contribution >= 4 is 5.91 Å². The smallest absolute Gasteiger partial charge is 0.289 e. The van der Waals surface area contributed by atoms with E-state index in [2.05, 4.69) is 35.8 Å². The zero-order chi connectivity index (χ0) is 21.1. The van der Waals surface area contributed by atoms with E-state index in [-0.39, 0.29) is 11.3 Å². The Hall–Kier alpha value is -2.87. The van der Waals surface area contributed by atoms with Gasteiger partial charge in [-0.25, -0.2) is 4.98 Å². The van der Waals surface area contributed by atoms with Gasteiger partial charge in [-0.2, -0.15) is 5.10 Å². The van der Waals surface area contributed by atoms with Crippen LogP contribution in [-0.4, -0.2) is 56.7 Å². The van der Waals surface area contributed by atoms with Crippen molar-refractivity contribution in [2.45, 2.75) is 45.7 Å². The molecule has 0 bridgehead atoms. The average Bonchev–Trinajstić information content (AvgIpc) is 3.43. The molecule has 0 aliphatic carbocycles. The van der Waals surface area contributed by atoms with Crippen LogP contribution < -0.4 is 0 Å². The molecule has 0 atom stereocenters. The molecule has 3 aromatic heterocycles. The highest BCUT2D eigenvalue weighted by molar-refractivity contribution is 5.91. The first-order valence-corrected chi connectivity index (χ1v) is 10.4. The summed E-state index contributed by atoms with van der Waals surface area (Å²) >= 11 is 0. The zero-order valence-corrected chi connectivity index (χ0v) is 17.9. The van der Waals surface area contributed by atoms with Crippen LogP contribution in [0, 0.1) is 0 Å². The van der Waals surface area contributed by atoms with E-state index in [0.29, 0.717) is 31.9 Å². The number of rotatable bonds is 5. The molecule has 0 radical (unpaired) electrons. The summed E-state index contributed by atoms with van der Waals surface area (Å²) in [6, 6.07) is 5.46. The molecule has 8 nitrogen and oxygen atoms in total. The van der Waals surface area contributed by atoms with Gasteiger partial charge in [0.1, 0.15) is 11.5 Å². The lowest BCUT2D eigenvalue weighted by Crippen LogP contribution is -2.35. The van der Waals surface area contributed by atoms with Gasteiger partial charge < -0.3 is 13.7 Å². The molecule has 4 heterocycles. The van der Waals surface area contributed by atoms with Gasteiger partial charge >= 0.3 is 0 Å². The van der Waals surface area contributed by atoms with Crippen molar-refractivity contribution in [3.63, 3.8) is 0 Å². The highest BCUT2D eigenvalue weighted by Gasteiger charge is 2.24. The van der Waals surface area contributed by atoms with Crippen LogP contribution in [0.5, 0.6) is 0 Å². The van der Waals surface area contributed by atoms with E-state index in [4.69, 9.17) is 8.83 Å². The Bertz CT molecular complexity index is 967. The van der Waals surface area contributed by atoms with Gasteiger partial charge in [-0.15, -0.1) is 0 Å². The average molecular weight is 412 g/mol. The second kappa shape index (κ2) is 8.47. The van der Waals surface area contributed by atoms with Crippen LogP contribution in [0.3, 0.4) is 0 Å². The Kier molecular flexibility index (Phi) is 5.76. The minimum atomic E-state index is -0.0605. The van der Waals surface area contributed by atoms with Gasteiger partial charge in [0.25, 0.3) is 5.91 Å². The van der Waals surface area contributed by atoms with Crippen molar-refractivity contribution in [3.05, 3.63) is 60.0 Å². The lowest BCUT2D eigenvalue weighted by molar-refractivity contribution is 0.0726. The molecule has 0 spiro atoms. The van der Waals surface area contributed by atoms with Gasteiger partial charge in [0.05, 0.1) is 19.3 Å². The molecule has 8 heteroatoms. The van der Waals surface area contributed by atoms with Crippen molar-refractivity contribution in [2.75, 3.05) is 26.2 Å². The molecular weight excluding hydrogens is 382 g/mol. The Morgan fingerprint density at radius 1 is 1.10 bits per heavy atom. The number of carbonyl (C=O) groups excluding carboxylic acids is 1. The van der Waals surface area contributed by atoms with Crippen LogP contribution in [0.2, 0.25) is 0 Å². The topological polar surface area (TPSA) is 80.5 Å².